The van der Waals surface area contributed by atoms with Crippen molar-refractivity contribution in [3.63, 3.8) is 0 Å². The van der Waals surface area contributed by atoms with Crippen LogP contribution in [-0.2, 0) is 10.9 Å². The Hall–Kier alpha value is -0.520. The Kier molecular flexibility index (Phi) is 5.66. The highest BCUT2D eigenvalue weighted by molar-refractivity contribution is 7.50. The van der Waals surface area contributed by atoms with Gasteiger partial charge in [0.1, 0.15) is 0 Å². The quantitative estimate of drug-likeness (QED) is 0.517. The fourth-order valence-corrected chi connectivity index (χ4v) is 2.25. The highest BCUT2D eigenvalue weighted by Gasteiger charge is 1.93. The van der Waals surface area contributed by atoms with Gasteiger partial charge in [-0.15, -0.1) is 0 Å². The van der Waals surface area contributed by atoms with Gasteiger partial charge in [-0.1, -0.05) is 36.6 Å². The van der Waals surface area contributed by atoms with Gasteiger partial charge >= 0.3 is 0 Å². The van der Waals surface area contributed by atoms with Gasteiger partial charge in [-0.05, 0) is 38.8 Å². The normalized spacial score (nSPS) is 12.6. The molecule has 1 aromatic rings. The molecule has 1 aromatic carbocycles. The van der Waals surface area contributed by atoms with E-state index in [1.165, 1.54) is 24.8 Å². The fourth-order valence-electron chi connectivity index (χ4n) is 1.40. The first kappa shape index (κ1) is 11.6. The van der Waals surface area contributed by atoms with Gasteiger partial charge in [0.2, 0.25) is 0 Å². The predicted molar refractivity (Wildman–Crippen MR) is 66.7 cm³/mol. The number of aryl methyl sites for hydroxylation is 1. The van der Waals surface area contributed by atoms with E-state index in [0.29, 0.717) is 0 Å². The van der Waals surface area contributed by atoms with E-state index in [9.17, 15) is 0 Å². The zero-order chi connectivity index (χ0) is 10.2. The third-order valence-electron chi connectivity index (χ3n) is 2.30. The molecule has 0 aliphatic heterocycles. The van der Waals surface area contributed by atoms with Crippen LogP contribution in [0.5, 0.6) is 0 Å². The van der Waals surface area contributed by atoms with Crippen molar-refractivity contribution in [3.05, 3.63) is 35.9 Å². The molecule has 78 valence electrons. The molecule has 14 heavy (non-hydrogen) atoms. The summed E-state index contributed by atoms with van der Waals surface area (Å²) >= 11 is 0. The predicted octanol–water partition coefficient (Wildman–Crippen LogP) is 3.22. The lowest BCUT2D eigenvalue weighted by Gasteiger charge is -2.04. The van der Waals surface area contributed by atoms with Crippen molar-refractivity contribution >= 4 is 14.1 Å². The molecule has 0 aromatic heterocycles. The van der Waals surface area contributed by atoms with Crippen LogP contribution in [0.2, 0.25) is 0 Å². The van der Waals surface area contributed by atoms with Gasteiger partial charge in [-0.25, -0.2) is 0 Å². The van der Waals surface area contributed by atoms with Crippen LogP contribution in [0.25, 0.3) is 0 Å². The molecule has 0 saturated heterocycles. The molecule has 0 amide bonds. The van der Waals surface area contributed by atoms with Crippen molar-refractivity contribution in [1.29, 1.82) is 0 Å². The molecule has 0 spiro atoms. The van der Waals surface area contributed by atoms with Crippen molar-refractivity contribution in [3.8, 4) is 0 Å². The smallest absolute Gasteiger partial charge is 0.0393 e. The third kappa shape index (κ3) is 4.64. The van der Waals surface area contributed by atoms with Crippen LogP contribution in [0.15, 0.2) is 30.3 Å². The SMILES string of the molecule is C=[PH](CCCCc1ccccc1)OC. The number of rotatable bonds is 6. The molecule has 0 bridgehead atoms. The molecule has 0 N–H and O–H groups in total. The molecule has 2 heteroatoms. The topological polar surface area (TPSA) is 9.23 Å². The Morgan fingerprint density at radius 2 is 1.93 bits per heavy atom. The van der Waals surface area contributed by atoms with Gasteiger partial charge in [-0.3, -0.25) is 0 Å². The van der Waals surface area contributed by atoms with Gasteiger partial charge in [0.25, 0.3) is 0 Å². The average molecular weight is 210 g/mol. The highest BCUT2D eigenvalue weighted by atomic mass is 31.1. The zero-order valence-corrected chi connectivity index (χ0v) is 9.83. The van der Waals surface area contributed by atoms with Gasteiger partial charge in [-0.2, -0.15) is 0 Å². The summed E-state index contributed by atoms with van der Waals surface area (Å²) in [6.07, 6.45) is 8.81. The van der Waals surface area contributed by atoms with Crippen LogP contribution >= 0.6 is 7.77 Å². The van der Waals surface area contributed by atoms with Gasteiger partial charge in [0.15, 0.2) is 0 Å². The molecule has 0 saturated carbocycles. The van der Waals surface area contributed by atoms with Crippen molar-refractivity contribution in [1.82, 2.24) is 0 Å². The van der Waals surface area contributed by atoms with Gasteiger partial charge in [0.05, 0.1) is 0 Å². The summed E-state index contributed by atoms with van der Waals surface area (Å²) in [5.74, 6) is 0. The lowest BCUT2D eigenvalue weighted by Crippen LogP contribution is -1.87. The second kappa shape index (κ2) is 6.86. The van der Waals surface area contributed by atoms with Crippen molar-refractivity contribution in [2.75, 3.05) is 13.3 Å². The van der Waals surface area contributed by atoms with E-state index >= 15 is 0 Å². The minimum atomic E-state index is -0.733. The summed E-state index contributed by atoms with van der Waals surface area (Å²) in [6.45, 7) is 0. The van der Waals surface area contributed by atoms with E-state index in [4.69, 9.17) is 4.52 Å². The summed E-state index contributed by atoms with van der Waals surface area (Å²) in [5.41, 5.74) is 1.43. The second-order valence-electron chi connectivity index (χ2n) is 3.44. The molecule has 1 unspecified atom stereocenters. The standard InChI is InChI=1S/C12H19OP/c1-13-14(2)11-7-6-10-12-8-4-3-5-9-12/h3-5,8-9,14H,2,6-7,10-11H2,1H3. The molecule has 1 rings (SSSR count). The van der Waals surface area contributed by atoms with Crippen LogP contribution in [0, 0.1) is 0 Å². The van der Waals surface area contributed by atoms with Crippen LogP contribution in [-0.4, -0.2) is 19.6 Å². The van der Waals surface area contributed by atoms with E-state index in [1.54, 1.807) is 7.11 Å². The molecule has 0 fully saturated rings. The maximum absolute atomic E-state index is 5.19. The number of hydrogen-bond acceptors (Lipinski definition) is 1. The lowest BCUT2D eigenvalue weighted by atomic mass is 10.1. The summed E-state index contributed by atoms with van der Waals surface area (Å²) in [4.78, 5) is 0. The number of unbranched alkanes of at least 4 members (excludes halogenated alkanes) is 1. The lowest BCUT2D eigenvalue weighted by molar-refractivity contribution is 0.471. The Labute approximate surface area is 87.6 Å². The fraction of sp³-hybridized carbons (Fsp3) is 0.417. The first-order chi connectivity index (χ1) is 6.83. The maximum atomic E-state index is 5.19. The van der Waals surface area contributed by atoms with E-state index in [0.717, 1.165) is 6.16 Å². The minimum absolute atomic E-state index is 0.733. The van der Waals surface area contributed by atoms with Gasteiger partial charge < -0.3 is 4.52 Å². The van der Waals surface area contributed by atoms with Crippen LogP contribution in [0.4, 0.5) is 0 Å². The largest absolute Gasteiger partial charge is 0.368 e. The molecular formula is C12H19OP. The third-order valence-corrected chi connectivity index (χ3v) is 3.79. The monoisotopic (exact) mass is 210 g/mol. The van der Waals surface area contributed by atoms with Crippen LogP contribution in [0.1, 0.15) is 18.4 Å². The van der Waals surface area contributed by atoms with E-state index < -0.39 is 7.77 Å². The van der Waals surface area contributed by atoms with Gasteiger partial charge in [0, 0.05) is 7.11 Å². The molecule has 0 aliphatic rings. The summed E-state index contributed by atoms with van der Waals surface area (Å²) in [7, 11) is 1.03. The molecule has 0 radical (unpaired) electrons. The van der Waals surface area contributed by atoms with E-state index in [1.807, 2.05) is 0 Å². The zero-order valence-electron chi connectivity index (χ0n) is 8.83. The summed E-state index contributed by atoms with van der Waals surface area (Å²) in [5, 5.41) is 0. The summed E-state index contributed by atoms with van der Waals surface area (Å²) in [6, 6.07) is 10.6. The second-order valence-corrected chi connectivity index (χ2v) is 5.42. The first-order valence-electron chi connectivity index (χ1n) is 5.08. The van der Waals surface area contributed by atoms with Crippen molar-refractivity contribution < 1.29 is 4.52 Å². The van der Waals surface area contributed by atoms with Crippen LogP contribution in [0.3, 0.4) is 0 Å². The highest BCUT2D eigenvalue weighted by Crippen LogP contribution is 2.21. The number of hydrogen-bond donors (Lipinski definition) is 0. The van der Waals surface area contributed by atoms with Crippen LogP contribution < -0.4 is 0 Å². The molecule has 0 heterocycles. The van der Waals surface area contributed by atoms with Crippen molar-refractivity contribution in [2.24, 2.45) is 0 Å². The van der Waals surface area contributed by atoms with E-state index in [-0.39, 0.29) is 0 Å². The molecular weight excluding hydrogens is 191 g/mol. The van der Waals surface area contributed by atoms with Crippen molar-refractivity contribution in [2.45, 2.75) is 19.3 Å². The first-order valence-corrected chi connectivity index (χ1v) is 6.91. The average Bonchev–Trinajstić information content (AvgIpc) is 2.25. The molecule has 0 aliphatic carbocycles. The number of benzene rings is 1. The summed E-state index contributed by atoms with van der Waals surface area (Å²) < 4.78 is 5.19. The Morgan fingerprint density at radius 3 is 2.57 bits per heavy atom. The molecule has 1 nitrogen and oxygen atoms in total. The Balaban J connectivity index is 2.13. The molecule has 1 atom stereocenters. The van der Waals surface area contributed by atoms with E-state index in [2.05, 4.69) is 36.6 Å². The Morgan fingerprint density at radius 1 is 1.21 bits per heavy atom. The minimum Gasteiger partial charge on any atom is -0.368 e. The maximum Gasteiger partial charge on any atom is 0.0393 e. The Bertz CT molecular complexity index is 269.